The van der Waals surface area contributed by atoms with Gasteiger partial charge in [-0.1, -0.05) is 30.7 Å². The van der Waals surface area contributed by atoms with Crippen molar-refractivity contribution in [2.45, 2.75) is 19.9 Å². The van der Waals surface area contributed by atoms with E-state index in [1.807, 2.05) is 25.1 Å². The molecule has 0 amide bonds. The summed E-state index contributed by atoms with van der Waals surface area (Å²) in [6.45, 7) is 4.92. The summed E-state index contributed by atoms with van der Waals surface area (Å²) in [4.78, 5) is 0. The van der Waals surface area contributed by atoms with Gasteiger partial charge in [-0.25, -0.2) is 0 Å². The summed E-state index contributed by atoms with van der Waals surface area (Å²) in [7, 11) is 0. The molecule has 0 aliphatic carbocycles. The molecule has 1 unspecified atom stereocenters. The molecule has 0 aliphatic heterocycles. The van der Waals surface area contributed by atoms with E-state index in [1.165, 1.54) is 0 Å². The molecule has 96 valence electrons. The van der Waals surface area contributed by atoms with E-state index in [2.05, 4.69) is 34.2 Å². The molecular weight excluding hydrogens is 314 g/mol. The van der Waals surface area contributed by atoms with Crippen LogP contribution in [0.25, 0.3) is 0 Å². The molecule has 1 atom stereocenters. The van der Waals surface area contributed by atoms with E-state index in [4.69, 9.17) is 16.0 Å². The quantitative estimate of drug-likeness (QED) is 0.880. The van der Waals surface area contributed by atoms with Crippen molar-refractivity contribution in [3.8, 4) is 0 Å². The Morgan fingerprint density at radius 3 is 2.72 bits per heavy atom. The van der Waals surface area contributed by atoms with E-state index in [0.29, 0.717) is 0 Å². The smallest absolute Gasteiger partial charge is 0.139 e. The lowest BCUT2D eigenvalue weighted by Crippen LogP contribution is -2.21. The van der Waals surface area contributed by atoms with E-state index in [1.54, 1.807) is 6.26 Å². The van der Waals surface area contributed by atoms with Gasteiger partial charge in [-0.3, -0.25) is 0 Å². The average molecular weight is 329 g/mol. The summed E-state index contributed by atoms with van der Waals surface area (Å²) < 4.78 is 6.51. The molecule has 2 nitrogen and oxygen atoms in total. The number of rotatable bonds is 4. The molecular formula is C14H15BrClNO. The normalized spacial score (nSPS) is 12.7. The second-order valence-electron chi connectivity index (χ2n) is 4.13. The minimum Gasteiger partial charge on any atom is -0.466 e. The number of nitrogens with one attached hydrogen (secondary N) is 1. The fourth-order valence-electron chi connectivity index (χ4n) is 1.87. The number of benzene rings is 1. The lowest BCUT2D eigenvalue weighted by Gasteiger charge is -2.17. The molecule has 4 heteroatoms. The van der Waals surface area contributed by atoms with Crippen LogP contribution in [0.4, 0.5) is 0 Å². The lowest BCUT2D eigenvalue weighted by molar-refractivity contribution is 0.450. The second-order valence-corrected chi connectivity index (χ2v) is 5.39. The van der Waals surface area contributed by atoms with Gasteiger partial charge in [0, 0.05) is 5.02 Å². The van der Waals surface area contributed by atoms with Gasteiger partial charge in [0.15, 0.2) is 0 Å². The molecule has 18 heavy (non-hydrogen) atoms. The van der Waals surface area contributed by atoms with Crippen LogP contribution in [0.1, 0.15) is 29.9 Å². The highest BCUT2D eigenvalue weighted by atomic mass is 79.9. The Balaban J connectivity index is 2.41. The zero-order chi connectivity index (χ0) is 13.1. The van der Waals surface area contributed by atoms with Gasteiger partial charge < -0.3 is 9.73 Å². The Morgan fingerprint density at radius 2 is 2.17 bits per heavy atom. The Hall–Kier alpha value is -0.770. The average Bonchev–Trinajstić information content (AvgIpc) is 2.76. The van der Waals surface area contributed by atoms with E-state index in [-0.39, 0.29) is 6.04 Å². The van der Waals surface area contributed by atoms with Crippen LogP contribution in [-0.2, 0) is 0 Å². The maximum Gasteiger partial charge on any atom is 0.139 e. The van der Waals surface area contributed by atoms with Crippen molar-refractivity contribution in [3.63, 3.8) is 0 Å². The lowest BCUT2D eigenvalue weighted by atomic mass is 10.0. The van der Waals surface area contributed by atoms with E-state index in [0.717, 1.165) is 32.9 Å². The predicted molar refractivity (Wildman–Crippen MR) is 78.1 cm³/mol. The van der Waals surface area contributed by atoms with Gasteiger partial charge in [-0.15, -0.1) is 0 Å². The monoisotopic (exact) mass is 327 g/mol. The van der Waals surface area contributed by atoms with Crippen molar-refractivity contribution >= 4 is 27.5 Å². The highest BCUT2D eigenvalue weighted by Crippen LogP contribution is 2.31. The summed E-state index contributed by atoms with van der Waals surface area (Å²) >= 11 is 9.69. The Morgan fingerprint density at radius 1 is 1.39 bits per heavy atom. The Kier molecular flexibility index (Phi) is 4.49. The second kappa shape index (κ2) is 5.91. The SMILES string of the molecule is CCNC(c1ccc(C)c(Cl)c1)c1occc1Br. The number of halogens is 2. The summed E-state index contributed by atoms with van der Waals surface area (Å²) in [6, 6.07) is 7.99. The maximum absolute atomic E-state index is 6.19. The minimum atomic E-state index is 0.0116. The van der Waals surface area contributed by atoms with Crippen molar-refractivity contribution in [2.24, 2.45) is 0 Å². The fraction of sp³-hybridized carbons (Fsp3) is 0.286. The molecule has 0 saturated carbocycles. The van der Waals surface area contributed by atoms with Crippen molar-refractivity contribution in [1.82, 2.24) is 5.32 Å². The zero-order valence-corrected chi connectivity index (χ0v) is 12.7. The van der Waals surface area contributed by atoms with Crippen LogP contribution >= 0.6 is 27.5 Å². The van der Waals surface area contributed by atoms with Crippen LogP contribution in [-0.4, -0.2) is 6.54 Å². The molecule has 0 radical (unpaired) electrons. The van der Waals surface area contributed by atoms with E-state index in [9.17, 15) is 0 Å². The summed E-state index contributed by atoms with van der Waals surface area (Å²) in [5.41, 5.74) is 2.18. The molecule has 0 fully saturated rings. The summed E-state index contributed by atoms with van der Waals surface area (Å²) in [5, 5.41) is 4.18. The van der Waals surface area contributed by atoms with Crippen molar-refractivity contribution in [3.05, 3.63) is 56.9 Å². The van der Waals surface area contributed by atoms with Gasteiger partial charge in [0.2, 0.25) is 0 Å². The van der Waals surface area contributed by atoms with Gasteiger partial charge in [0.1, 0.15) is 5.76 Å². The van der Waals surface area contributed by atoms with Gasteiger partial charge >= 0.3 is 0 Å². The molecule has 0 saturated heterocycles. The van der Waals surface area contributed by atoms with Crippen LogP contribution < -0.4 is 5.32 Å². The standard InChI is InChI=1S/C14H15BrClNO/c1-3-17-13(14-11(15)6-7-18-14)10-5-4-9(2)12(16)8-10/h4-8,13,17H,3H2,1-2H3. The number of hydrogen-bond acceptors (Lipinski definition) is 2. The van der Waals surface area contributed by atoms with Gasteiger partial charge in [0.05, 0.1) is 16.8 Å². The largest absolute Gasteiger partial charge is 0.466 e. The van der Waals surface area contributed by atoms with Crippen LogP contribution in [0.5, 0.6) is 0 Å². The first-order chi connectivity index (χ1) is 8.63. The van der Waals surface area contributed by atoms with Crippen LogP contribution in [0.2, 0.25) is 5.02 Å². The Bertz CT molecular complexity index is 538. The molecule has 0 spiro atoms. The first kappa shape index (κ1) is 13.7. The van der Waals surface area contributed by atoms with E-state index < -0.39 is 0 Å². The molecule has 1 N–H and O–H groups in total. The van der Waals surface area contributed by atoms with Gasteiger partial charge in [-0.05, 0) is 52.7 Å². The predicted octanol–water partition coefficient (Wildman–Crippen LogP) is 4.70. The van der Waals surface area contributed by atoms with Crippen molar-refractivity contribution in [1.29, 1.82) is 0 Å². The minimum absolute atomic E-state index is 0.0116. The van der Waals surface area contributed by atoms with Crippen LogP contribution in [0.3, 0.4) is 0 Å². The van der Waals surface area contributed by atoms with Gasteiger partial charge in [0.25, 0.3) is 0 Å². The molecule has 0 aliphatic rings. The van der Waals surface area contributed by atoms with Crippen LogP contribution in [0.15, 0.2) is 39.4 Å². The molecule has 0 bridgehead atoms. The molecule has 2 aromatic rings. The molecule has 1 aromatic carbocycles. The van der Waals surface area contributed by atoms with Crippen molar-refractivity contribution in [2.75, 3.05) is 6.54 Å². The summed E-state index contributed by atoms with van der Waals surface area (Å²) in [5.74, 6) is 0.872. The van der Waals surface area contributed by atoms with Gasteiger partial charge in [-0.2, -0.15) is 0 Å². The molecule has 2 rings (SSSR count). The number of aryl methyl sites for hydroxylation is 1. The third-order valence-corrected chi connectivity index (χ3v) is 3.91. The third-order valence-electron chi connectivity index (χ3n) is 2.84. The maximum atomic E-state index is 6.19. The summed E-state index contributed by atoms with van der Waals surface area (Å²) in [6.07, 6.45) is 1.68. The Labute approximate surface area is 120 Å². The zero-order valence-electron chi connectivity index (χ0n) is 10.3. The number of furan rings is 1. The molecule has 1 aromatic heterocycles. The third kappa shape index (κ3) is 2.79. The van der Waals surface area contributed by atoms with Crippen molar-refractivity contribution < 1.29 is 4.42 Å². The first-order valence-corrected chi connectivity index (χ1v) is 7.03. The molecule has 1 heterocycles. The number of hydrogen-bond donors (Lipinski definition) is 1. The van der Waals surface area contributed by atoms with Crippen LogP contribution in [0, 0.1) is 6.92 Å². The highest BCUT2D eigenvalue weighted by Gasteiger charge is 2.19. The fourth-order valence-corrected chi connectivity index (χ4v) is 2.49. The first-order valence-electron chi connectivity index (χ1n) is 5.85. The van der Waals surface area contributed by atoms with E-state index >= 15 is 0 Å². The highest BCUT2D eigenvalue weighted by molar-refractivity contribution is 9.10. The topological polar surface area (TPSA) is 25.2 Å².